The van der Waals surface area contributed by atoms with E-state index in [9.17, 15) is 39.2 Å². The molecule has 4 aromatic carbocycles. The van der Waals surface area contributed by atoms with E-state index in [4.69, 9.17) is 11.6 Å². The van der Waals surface area contributed by atoms with Crippen LogP contribution >= 0.6 is 11.6 Å². The molecule has 0 radical (unpaired) electrons. The third kappa shape index (κ3) is 7.19. The smallest absolute Gasteiger partial charge is 0.325 e. The number of hydrogen-bond donors (Lipinski definition) is 2. The molecular weight excluding hydrogens is 622 g/mol. The summed E-state index contributed by atoms with van der Waals surface area (Å²) in [6.45, 7) is -0.706. The fourth-order valence-corrected chi connectivity index (χ4v) is 6.43. The molecule has 42 heavy (non-hydrogen) atoms. The number of benzene rings is 4. The van der Waals surface area contributed by atoms with E-state index in [1.54, 1.807) is 6.07 Å². The number of sulfonamides is 2. The lowest BCUT2D eigenvalue weighted by Gasteiger charge is -2.24. The minimum Gasteiger partial charge on any atom is -0.325 e. The van der Waals surface area contributed by atoms with Crippen molar-refractivity contribution in [3.8, 4) is 0 Å². The first kappa shape index (κ1) is 30.8. The van der Waals surface area contributed by atoms with Crippen LogP contribution in [0.3, 0.4) is 0 Å². The Morgan fingerprint density at radius 2 is 1.38 bits per heavy atom. The highest BCUT2D eigenvalue weighted by molar-refractivity contribution is 7.93. The fourth-order valence-electron chi connectivity index (χ4n) is 3.71. The van der Waals surface area contributed by atoms with Gasteiger partial charge in [-0.1, -0.05) is 29.8 Å². The minimum absolute atomic E-state index is 0.0267. The highest BCUT2D eigenvalue weighted by atomic mass is 35.5. The number of rotatable bonds is 9. The Bertz CT molecular complexity index is 1800. The van der Waals surface area contributed by atoms with E-state index >= 15 is 0 Å². The van der Waals surface area contributed by atoms with Gasteiger partial charge in [0.05, 0.1) is 26.1 Å². The van der Waals surface area contributed by atoms with E-state index in [0.29, 0.717) is 6.07 Å². The molecule has 1 amide bonds. The largest absolute Gasteiger partial charge is 0.417 e. The Kier molecular flexibility index (Phi) is 8.80. The third-order valence-electron chi connectivity index (χ3n) is 5.71. The molecule has 0 heterocycles. The van der Waals surface area contributed by atoms with E-state index < -0.39 is 55.1 Å². The number of carbonyl (C=O) groups excluding carboxylic acids is 1. The number of amides is 1. The van der Waals surface area contributed by atoms with Crippen molar-refractivity contribution in [3.05, 3.63) is 113 Å². The summed E-state index contributed by atoms with van der Waals surface area (Å²) < 4.78 is 108. The van der Waals surface area contributed by atoms with Crippen LogP contribution in [0.25, 0.3) is 0 Å². The van der Waals surface area contributed by atoms with Gasteiger partial charge in [0.1, 0.15) is 12.4 Å². The zero-order valence-electron chi connectivity index (χ0n) is 21.1. The van der Waals surface area contributed by atoms with Crippen molar-refractivity contribution in [3.63, 3.8) is 0 Å². The van der Waals surface area contributed by atoms with Crippen LogP contribution in [0.4, 0.5) is 34.6 Å². The number of alkyl halides is 3. The maximum absolute atomic E-state index is 13.5. The van der Waals surface area contributed by atoms with E-state index in [2.05, 4.69) is 5.32 Å². The summed E-state index contributed by atoms with van der Waals surface area (Å²) in [5, 5.41) is 1.86. The Morgan fingerprint density at radius 1 is 0.786 bits per heavy atom. The summed E-state index contributed by atoms with van der Waals surface area (Å²) in [6.07, 6.45) is -4.80. The quantitative estimate of drug-likeness (QED) is 0.214. The standard InChI is InChI=1S/C27H20ClF4N3O5S2/c28-25-15-10-20(16-24(25)27(30,31)32)34-41(37,38)22-13-8-19(9-14-22)33-26(36)17-35(21-11-6-18(29)7-12-21)42(39,40)23-4-2-1-3-5-23/h1-16,34H,17H2,(H,33,36). The van der Waals surface area contributed by atoms with Gasteiger partial charge in [0, 0.05) is 11.4 Å². The van der Waals surface area contributed by atoms with Crippen molar-refractivity contribution in [2.24, 2.45) is 0 Å². The lowest BCUT2D eigenvalue weighted by atomic mass is 10.2. The number of anilines is 3. The first-order valence-electron chi connectivity index (χ1n) is 11.8. The number of nitrogens with one attached hydrogen (secondary N) is 2. The zero-order valence-corrected chi connectivity index (χ0v) is 23.5. The van der Waals surface area contributed by atoms with Crippen LogP contribution in [0.5, 0.6) is 0 Å². The molecule has 4 aromatic rings. The topological polar surface area (TPSA) is 113 Å². The molecule has 4 rings (SSSR count). The van der Waals surface area contributed by atoms with Gasteiger partial charge in [-0.25, -0.2) is 21.2 Å². The van der Waals surface area contributed by atoms with Crippen molar-refractivity contribution < 1.29 is 39.2 Å². The molecule has 220 valence electrons. The van der Waals surface area contributed by atoms with Crippen LogP contribution in [0.1, 0.15) is 5.56 Å². The monoisotopic (exact) mass is 641 g/mol. The Morgan fingerprint density at radius 3 is 1.98 bits per heavy atom. The van der Waals surface area contributed by atoms with Crippen LogP contribution in [0.15, 0.2) is 107 Å². The van der Waals surface area contributed by atoms with Gasteiger partial charge >= 0.3 is 6.18 Å². The van der Waals surface area contributed by atoms with Gasteiger partial charge in [0.2, 0.25) is 5.91 Å². The predicted octanol–water partition coefficient (Wildman–Crippen LogP) is 6.13. The lowest BCUT2D eigenvalue weighted by molar-refractivity contribution is -0.137. The summed E-state index contributed by atoms with van der Waals surface area (Å²) in [4.78, 5) is 12.4. The Hall–Kier alpha value is -4.14. The number of halogens is 5. The first-order chi connectivity index (χ1) is 19.7. The SMILES string of the molecule is O=C(CN(c1ccc(F)cc1)S(=O)(=O)c1ccccc1)Nc1ccc(S(=O)(=O)Nc2ccc(Cl)c(C(F)(F)F)c2)cc1. The summed E-state index contributed by atoms with van der Waals surface area (Å²) in [5.41, 5.74) is -1.46. The van der Waals surface area contributed by atoms with Crippen molar-refractivity contribution >= 4 is 54.6 Å². The molecule has 0 aliphatic heterocycles. The average Bonchev–Trinajstić information content (AvgIpc) is 2.93. The minimum atomic E-state index is -4.80. The predicted molar refractivity (Wildman–Crippen MR) is 150 cm³/mol. The van der Waals surface area contributed by atoms with E-state index in [0.717, 1.165) is 40.7 Å². The van der Waals surface area contributed by atoms with E-state index in [1.807, 2.05) is 4.72 Å². The van der Waals surface area contributed by atoms with Crippen molar-refractivity contribution in [2.75, 3.05) is 20.9 Å². The van der Waals surface area contributed by atoms with Crippen LogP contribution in [-0.4, -0.2) is 29.3 Å². The average molecular weight is 642 g/mol. The number of carbonyl (C=O) groups is 1. The molecule has 2 N–H and O–H groups in total. The zero-order chi connectivity index (χ0) is 30.7. The lowest BCUT2D eigenvalue weighted by Crippen LogP contribution is -2.38. The summed E-state index contributed by atoms with van der Waals surface area (Å²) >= 11 is 5.57. The highest BCUT2D eigenvalue weighted by Gasteiger charge is 2.34. The number of hydrogen-bond acceptors (Lipinski definition) is 5. The molecular formula is C27H20ClF4N3O5S2. The van der Waals surface area contributed by atoms with Gasteiger partial charge in [-0.05, 0) is 78.9 Å². The molecule has 15 heteroatoms. The van der Waals surface area contributed by atoms with Crippen molar-refractivity contribution in [2.45, 2.75) is 16.0 Å². The van der Waals surface area contributed by atoms with Crippen LogP contribution in [0, 0.1) is 5.82 Å². The van der Waals surface area contributed by atoms with E-state index in [1.165, 1.54) is 48.5 Å². The molecule has 0 aliphatic rings. The normalized spacial score (nSPS) is 12.0. The molecule has 0 fully saturated rings. The molecule has 0 bridgehead atoms. The maximum atomic E-state index is 13.5. The molecule has 0 aromatic heterocycles. The third-order valence-corrected chi connectivity index (χ3v) is 9.22. The molecule has 0 unspecified atom stereocenters. The van der Waals surface area contributed by atoms with Crippen LogP contribution in [-0.2, 0) is 31.0 Å². The molecule has 8 nitrogen and oxygen atoms in total. The maximum Gasteiger partial charge on any atom is 0.417 e. The first-order valence-corrected chi connectivity index (χ1v) is 15.1. The van der Waals surface area contributed by atoms with Gasteiger partial charge in [0.15, 0.2) is 0 Å². The summed E-state index contributed by atoms with van der Waals surface area (Å²) in [5.74, 6) is -1.41. The highest BCUT2D eigenvalue weighted by Crippen LogP contribution is 2.36. The van der Waals surface area contributed by atoms with Crippen molar-refractivity contribution in [1.82, 2.24) is 0 Å². The second-order valence-electron chi connectivity index (χ2n) is 8.67. The second-order valence-corrected chi connectivity index (χ2v) is 12.6. The van der Waals surface area contributed by atoms with Crippen LogP contribution in [0.2, 0.25) is 5.02 Å². The second kappa shape index (κ2) is 12.0. The van der Waals surface area contributed by atoms with Gasteiger partial charge in [-0.3, -0.25) is 13.8 Å². The van der Waals surface area contributed by atoms with Gasteiger partial charge in [-0.15, -0.1) is 0 Å². The van der Waals surface area contributed by atoms with Crippen LogP contribution < -0.4 is 14.3 Å². The fraction of sp³-hybridized carbons (Fsp3) is 0.0741. The van der Waals surface area contributed by atoms with Crippen molar-refractivity contribution in [1.29, 1.82) is 0 Å². The molecule has 0 saturated carbocycles. The van der Waals surface area contributed by atoms with Gasteiger partial charge < -0.3 is 5.32 Å². The summed E-state index contributed by atoms with van der Waals surface area (Å²) in [6, 6.07) is 18.9. The molecule has 0 atom stereocenters. The Labute approximate surface area is 243 Å². The molecule has 0 spiro atoms. The summed E-state index contributed by atoms with van der Waals surface area (Å²) in [7, 11) is -8.58. The molecule has 0 saturated heterocycles. The van der Waals surface area contributed by atoms with E-state index in [-0.39, 0.29) is 26.9 Å². The van der Waals surface area contributed by atoms with Gasteiger partial charge in [-0.2, -0.15) is 13.2 Å². The number of nitrogens with zero attached hydrogens (tertiary/aromatic N) is 1. The molecule has 0 aliphatic carbocycles. The Balaban J connectivity index is 1.51. The van der Waals surface area contributed by atoms with Gasteiger partial charge in [0.25, 0.3) is 20.0 Å².